The van der Waals surface area contributed by atoms with Gasteiger partial charge in [0.1, 0.15) is 0 Å². The highest BCUT2D eigenvalue weighted by molar-refractivity contribution is 5.84. The Morgan fingerprint density at radius 2 is 2.00 bits per heavy atom. The van der Waals surface area contributed by atoms with Crippen LogP contribution in [0.4, 0.5) is 5.69 Å². The van der Waals surface area contributed by atoms with E-state index in [0.717, 1.165) is 12.0 Å². The number of nitrogen functional groups attached to an aromatic ring is 1. The van der Waals surface area contributed by atoms with E-state index in [4.69, 9.17) is 5.73 Å². The summed E-state index contributed by atoms with van der Waals surface area (Å²) in [5.41, 5.74) is 6.46. The number of rotatable bonds is 2. The normalized spacial score (nSPS) is 18.6. The molecule has 0 unspecified atom stereocenters. The molecule has 3 nitrogen and oxygen atoms in total. The van der Waals surface area contributed by atoms with Gasteiger partial charge in [0.05, 0.1) is 5.41 Å². The Morgan fingerprint density at radius 3 is 2.43 bits per heavy atom. The van der Waals surface area contributed by atoms with E-state index in [1.54, 1.807) is 6.07 Å². The fourth-order valence-electron chi connectivity index (χ4n) is 2.06. The SMILES string of the molecule is Nc1ccccc1C1(C(=O)O)CCC1. The maximum Gasteiger partial charge on any atom is 0.314 e. The molecule has 0 amide bonds. The van der Waals surface area contributed by atoms with Crippen LogP contribution in [-0.2, 0) is 10.2 Å². The number of nitrogens with two attached hydrogens (primary N) is 1. The van der Waals surface area contributed by atoms with Crippen molar-refractivity contribution in [2.45, 2.75) is 24.7 Å². The quantitative estimate of drug-likeness (QED) is 0.700. The van der Waals surface area contributed by atoms with Crippen molar-refractivity contribution in [3.63, 3.8) is 0 Å². The number of carboxylic acids is 1. The topological polar surface area (TPSA) is 63.3 Å². The zero-order valence-corrected chi connectivity index (χ0v) is 7.86. The standard InChI is InChI=1S/C11H13NO2/c12-9-5-2-1-4-8(9)11(10(13)14)6-3-7-11/h1-2,4-5H,3,6-7,12H2,(H,13,14). The number of aliphatic carboxylic acids is 1. The summed E-state index contributed by atoms with van der Waals surface area (Å²) in [5, 5.41) is 9.21. The lowest BCUT2D eigenvalue weighted by Gasteiger charge is -2.38. The largest absolute Gasteiger partial charge is 0.481 e. The first-order chi connectivity index (χ1) is 6.67. The minimum atomic E-state index is -0.748. The van der Waals surface area contributed by atoms with Crippen molar-refractivity contribution in [3.8, 4) is 0 Å². The molecule has 0 bridgehead atoms. The number of anilines is 1. The van der Waals surface area contributed by atoms with Crippen LogP contribution in [0.2, 0.25) is 0 Å². The minimum absolute atomic E-state index is 0.592. The van der Waals surface area contributed by atoms with Crippen LogP contribution >= 0.6 is 0 Å². The fraction of sp³-hybridized carbons (Fsp3) is 0.364. The molecule has 0 aromatic heterocycles. The van der Waals surface area contributed by atoms with E-state index in [-0.39, 0.29) is 0 Å². The molecular weight excluding hydrogens is 178 g/mol. The second-order valence-electron chi connectivity index (χ2n) is 3.83. The van der Waals surface area contributed by atoms with E-state index < -0.39 is 11.4 Å². The van der Waals surface area contributed by atoms with Gasteiger partial charge < -0.3 is 10.8 Å². The lowest BCUT2D eigenvalue weighted by Crippen LogP contribution is -2.42. The molecule has 0 heterocycles. The van der Waals surface area contributed by atoms with Crippen molar-refractivity contribution in [1.82, 2.24) is 0 Å². The Labute approximate surface area is 82.5 Å². The first-order valence-corrected chi connectivity index (χ1v) is 4.75. The molecule has 1 saturated carbocycles. The van der Waals surface area contributed by atoms with Crippen molar-refractivity contribution in [2.24, 2.45) is 0 Å². The zero-order valence-electron chi connectivity index (χ0n) is 7.86. The molecule has 0 radical (unpaired) electrons. The molecule has 3 N–H and O–H groups in total. The Balaban J connectivity index is 2.47. The van der Waals surface area contributed by atoms with Crippen molar-refractivity contribution >= 4 is 11.7 Å². The van der Waals surface area contributed by atoms with E-state index in [0.29, 0.717) is 18.5 Å². The Hall–Kier alpha value is -1.51. The van der Waals surface area contributed by atoms with Crippen LogP contribution in [-0.4, -0.2) is 11.1 Å². The fourth-order valence-corrected chi connectivity index (χ4v) is 2.06. The molecule has 0 spiro atoms. The van der Waals surface area contributed by atoms with Gasteiger partial charge >= 0.3 is 5.97 Å². The molecule has 1 aromatic rings. The van der Waals surface area contributed by atoms with Crippen LogP contribution in [0, 0.1) is 0 Å². The average Bonchev–Trinajstić information content (AvgIpc) is 2.05. The lowest BCUT2D eigenvalue weighted by atomic mass is 9.64. The summed E-state index contributed by atoms with van der Waals surface area (Å²) in [6.45, 7) is 0. The highest BCUT2D eigenvalue weighted by atomic mass is 16.4. The number of carbonyl (C=O) groups is 1. The lowest BCUT2D eigenvalue weighted by molar-refractivity contribution is -0.147. The smallest absolute Gasteiger partial charge is 0.314 e. The molecule has 2 rings (SSSR count). The maximum absolute atomic E-state index is 11.2. The van der Waals surface area contributed by atoms with E-state index in [2.05, 4.69) is 0 Å². The number of benzene rings is 1. The molecule has 0 saturated heterocycles. The monoisotopic (exact) mass is 191 g/mol. The molecule has 74 valence electrons. The summed E-state index contributed by atoms with van der Waals surface area (Å²) >= 11 is 0. The highest BCUT2D eigenvalue weighted by Gasteiger charge is 2.46. The summed E-state index contributed by atoms with van der Waals surface area (Å²) in [6.07, 6.45) is 2.38. The summed E-state index contributed by atoms with van der Waals surface area (Å²) in [6, 6.07) is 7.25. The second-order valence-corrected chi connectivity index (χ2v) is 3.83. The van der Waals surface area contributed by atoms with Crippen molar-refractivity contribution in [1.29, 1.82) is 0 Å². The third kappa shape index (κ3) is 1.09. The Morgan fingerprint density at radius 1 is 1.36 bits per heavy atom. The Kier molecular flexibility index (Phi) is 1.95. The van der Waals surface area contributed by atoms with E-state index >= 15 is 0 Å². The maximum atomic E-state index is 11.2. The highest BCUT2D eigenvalue weighted by Crippen LogP contribution is 2.45. The molecule has 1 aromatic carbocycles. The van der Waals surface area contributed by atoms with Crippen LogP contribution in [0.25, 0.3) is 0 Å². The van der Waals surface area contributed by atoms with Crippen LogP contribution in [0.3, 0.4) is 0 Å². The predicted octanol–water partition coefficient (Wildman–Crippen LogP) is 1.78. The van der Waals surface area contributed by atoms with E-state index in [1.807, 2.05) is 18.2 Å². The summed E-state index contributed by atoms with van der Waals surface area (Å²) in [4.78, 5) is 11.2. The van der Waals surface area contributed by atoms with Gasteiger partial charge in [0, 0.05) is 5.69 Å². The van der Waals surface area contributed by atoms with Gasteiger partial charge in [-0.15, -0.1) is 0 Å². The third-order valence-corrected chi connectivity index (χ3v) is 3.09. The van der Waals surface area contributed by atoms with Gasteiger partial charge in [-0.1, -0.05) is 24.6 Å². The number of para-hydroxylation sites is 1. The van der Waals surface area contributed by atoms with Crippen LogP contribution in [0.1, 0.15) is 24.8 Å². The minimum Gasteiger partial charge on any atom is -0.481 e. The summed E-state index contributed by atoms with van der Waals surface area (Å²) in [7, 11) is 0. The third-order valence-electron chi connectivity index (χ3n) is 3.09. The summed E-state index contributed by atoms with van der Waals surface area (Å²) < 4.78 is 0. The second kappa shape index (κ2) is 3.01. The van der Waals surface area contributed by atoms with E-state index in [9.17, 15) is 9.90 Å². The van der Waals surface area contributed by atoms with Gasteiger partial charge in [-0.2, -0.15) is 0 Å². The molecule has 3 heteroatoms. The number of hydrogen-bond donors (Lipinski definition) is 2. The molecule has 0 aliphatic heterocycles. The van der Waals surface area contributed by atoms with Crippen LogP contribution in [0.5, 0.6) is 0 Å². The van der Waals surface area contributed by atoms with Gasteiger partial charge in [-0.05, 0) is 24.5 Å². The molecule has 1 aliphatic carbocycles. The van der Waals surface area contributed by atoms with Crippen LogP contribution in [0.15, 0.2) is 24.3 Å². The van der Waals surface area contributed by atoms with Gasteiger partial charge in [-0.25, -0.2) is 0 Å². The van der Waals surface area contributed by atoms with Gasteiger partial charge in [0.25, 0.3) is 0 Å². The zero-order chi connectivity index (χ0) is 10.2. The van der Waals surface area contributed by atoms with Crippen LogP contribution < -0.4 is 5.73 Å². The predicted molar refractivity (Wildman–Crippen MR) is 54.0 cm³/mol. The van der Waals surface area contributed by atoms with Gasteiger partial charge in [0.15, 0.2) is 0 Å². The number of carboxylic acid groups (broad SMARTS) is 1. The molecule has 0 atom stereocenters. The average molecular weight is 191 g/mol. The Bertz CT molecular complexity index is 369. The van der Waals surface area contributed by atoms with Gasteiger partial charge in [-0.3, -0.25) is 4.79 Å². The van der Waals surface area contributed by atoms with Crippen molar-refractivity contribution in [3.05, 3.63) is 29.8 Å². The number of hydrogen-bond acceptors (Lipinski definition) is 2. The molecule has 1 aliphatic rings. The van der Waals surface area contributed by atoms with E-state index in [1.165, 1.54) is 0 Å². The van der Waals surface area contributed by atoms with Crippen molar-refractivity contribution < 1.29 is 9.90 Å². The molecular formula is C11H13NO2. The first kappa shape index (κ1) is 9.06. The molecule has 1 fully saturated rings. The van der Waals surface area contributed by atoms with Crippen molar-refractivity contribution in [2.75, 3.05) is 5.73 Å². The molecule has 14 heavy (non-hydrogen) atoms. The summed E-state index contributed by atoms with van der Waals surface area (Å²) in [5.74, 6) is -0.748. The van der Waals surface area contributed by atoms with Gasteiger partial charge in [0.2, 0.25) is 0 Å². The first-order valence-electron chi connectivity index (χ1n) is 4.75.